The Bertz CT molecular complexity index is 759. The van der Waals surface area contributed by atoms with Gasteiger partial charge in [0.05, 0.1) is 13.7 Å². The lowest BCUT2D eigenvalue weighted by Gasteiger charge is -2.13. The standard InChI is InChI=1S/C22H27NO3/c1-5-17-9-8-10-18(6-2)22(17)23-21(24)14-12-16-11-13-19(26-7-3)20(15-16)25-4/h8-15H,5-7H2,1-4H3,(H,23,24)/b14-12+. The Balaban J connectivity index is 2.15. The number of aryl methyl sites for hydroxylation is 2. The van der Waals surface area contributed by atoms with E-state index in [0.717, 1.165) is 35.2 Å². The van der Waals surface area contributed by atoms with Crippen molar-refractivity contribution in [1.82, 2.24) is 0 Å². The van der Waals surface area contributed by atoms with Crippen LogP contribution in [0.2, 0.25) is 0 Å². The molecule has 0 unspecified atom stereocenters. The summed E-state index contributed by atoms with van der Waals surface area (Å²) in [5.74, 6) is 1.20. The van der Waals surface area contributed by atoms with Crippen LogP contribution in [-0.4, -0.2) is 19.6 Å². The van der Waals surface area contributed by atoms with Crippen LogP contribution in [0, 0.1) is 0 Å². The second-order valence-electron chi connectivity index (χ2n) is 5.82. The predicted octanol–water partition coefficient (Wildman–Crippen LogP) is 4.87. The number of nitrogens with one attached hydrogen (secondary N) is 1. The Morgan fingerprint density at radius 2 is 1.73 bits per heavy atom. The highest BCUT2D eigenvalue weighted by Gasteiger charge is 2.08. The van der Waals surface area contributed by atoms with Gasteiger partial charge in [0.25, 0.3) is 0 Å². The molecule has 4 nitrogen and oxygen atoms in total. The van der Waals surface area contributed by atoms with Crippen molar-refractivity contribution in [3.8, 4) is 11.5 Å². The van der Waals surface area contributed by atoms with Gasteiger partial charge in [0.2, 0.25) is 5.91 Å². The highest BCUT2D eigenvalue weighted by atomic mass is 16.5. The number of benzene rings is 2. The van der Waals surface area contributed by atoms with Crippen LogP contribution in [0.25, 0.3) is 6.08 Å². The van der Waals surface area contributed by atoms with Gasteiger partial charge in [-0.15, -0.1) is 0 Å². The summed E-state index contributed by atoms with van der Waals surface area (Å²) in [7, 11) is 1.60. The van der Waals surface area contributed by atoms with Gasteiger partial charge in [-0.1, -0.05) is 38.1 Å². The maximum absolute atomic E-state index is 12.4. The number of hydrogen-bond acceptors (Lipinski definition) is 3. The summed E-state index contributed by atoms with van der Waals surface area (Å²) < 4.78 is 10.9. The number of hydrogen-bond donors (Lipinski definition) is 1. The number of ether oxygens (including phenoxy) is 2. The fourth-order valence-electron chi connectivity index (χ4n) is 2.80. The molecule has 1 N–H and O–H groups in total. The maximum atomic E-state index is 12.4. The van der Waals surface area contributed by atoms with E-state index in [2.05, 4.69) is 31.3 Å². The van der Waals surface area contributed by atoms with E-state index >= 15 is 0 Å². The van der Waals surface area contributed by atoms with Crippen LogP contribution in [0.3, 0.4) is 0 Å². The number of methoxy groups -OCH3 is 1. The first-order chi connectivity index (χ1) is 12.6. The van der Waals surface area contributed by atoms with E-state index in [1.807, 2.05) is 31.2 Å². The van der Waals surface area contributed by atoms with Gasteiger partial charge in [-0.05, 0) is 54.7 Å². The molecule has 4 heteroatoms. The van der Waals surface area contributed by atoms with Gasteiger partial charge in [0.1, 0.15) is 0 Å². The number of rotatable bonds is 8. The first-order valence-electron chi connectivity index (χ1n) is 9.03. The normalized spacial score (nSPS) is 10.8. The third-order valence-corrected chi connectivity index (χ3v) is 4.16. The summed E-state index contributed by atoms with van der Waals surface area (Å²) in [6.45, 7) is 6.68. The molecule has 0 aliphatic heterocycles. The number of anilines is 1. The summed E-state index contributed by atoms with van der Waals surface area (Å²) in [5.41, 5.74) is 4.10. The Morgan fingerprint density at radius 3 is 2.31 bits per heavy atom. The van der Waals surface area contributed by atoms with Gasteiger partial charge in [-0.25, -0.2) is 0 Å². The lowest BCUT2D eigenvalue weighted by Crippen LogP contribution is -2.11. The van der Waals surface area contributed by atoms with Crippen LogP contribution in [0.15, 0.2) is 42.5 Å². The van der Waals surface area contributed by atoms with Crippen molar-refractivity contribution in [1.29, 1.82) is 0 Å². The van der Waals surface area contributed by atoms with E-state index in [9.17, 15) is 4.79 Å². The second kappa shape index (κ2) is 9.66. The van der Waals surface area contributed by atoms with E-state index < -0.39 is 0 Å². The first-order valence-corrected chi connectivity index (χ1v) is 9.03. The zero-order valence-corrected chi connectivity index (χ0v) is 16.0. The molecule has 0 heterocycles. The molecule has 0 aliphatic carbocycles. The van der Waals surface area contributed by atoms with Crippen LogP contribution in [0.5, 0.6) is 11.5 Å². The molecule has 26 heavy (non-hydrogen) atoms. The fraction of sp³-hybridized carbons (Fsp3) is 0.318. The molecule has 0 fully saturated rings. The lowest BCUT2D eigenvalue weighted by atomic mass is 10.0. The molecular weight excluding hydrogens is 326 g/mol. The zero-order chi connectivity index (χ0) is 18.9. The van der Waals surface area contributed by atoms with E-state index in [-0.39, 0.29) is 5.91 Å². The SMILES string of the molecule is CCOc1ccc(/C=C/C(=O)Nc2c(CC)cccc2CC)cc1OC. The molecule has 2 aromatic carbocycles. The highest BCUT2D eigenvalue weighted by Crippen LogP contribution is 2.28. The molecule has 2 aromatic rings. The van der Waals surface area contributed by atoms with Crippen molar-refractivity contribution in [3.63, 3.8) is 0 Å². The summed E-state index contributed by atoms with van der Waals surface area (Å²) in [6, 6.07) is 11.7. The van der Waals surface area contributed by atoms with Crippen LogP contribution in [-0.2, 0) is 17.6 Å². The quantitative estimate of drug-likeness (QED) is 0.689. The van der Waals surface area contributed by atoms with Crippen molar-refractivity contribution >= 4 is 17.7 Å². The monoisotopic (exact) mass is 353 g/mol. The van der Waals surface area contributed by atoms with E-state index in [1.165, 1.54) is 0 Å². The van der Waals surface area contributed by atoms with E-state index in [4.69, 9.17) is 9.47 Å². The molecular formula is C22H27NO3. The molecule has 0 saturated heterocycles. The minimum absolute atomic E-state index is 0.145. The molecule has 138 valence electrons. The van der Waals surface area contributed by atoms with Crippen molar-refractivity contribution < 1.29 is 14.3 Å². The highest BCUT2D eigenvalue weighted by molar-refractivity contribution is 6.02. The Kier molecular flexibility index (Phi) is 7.27. The van der Waals surface area contributed by atoms with Crippen molar-refractivity contribution in [3.05, 3.63) is 59.2 Å². The molecule has 2 rings (SSSR count). The Labute approximate surface area is 155 Å². The Hall–Kier alpha value is -2.75. The Morgan fingerprint density at radius 1 is 1.04 bits per heavy atom. The summed E-state index contributed by atoms with van der Waals surface area (Å²) >= 11 is 0. The number of para-hydroxylation sites is 1. The van der Waals surface area contributed by atoms with Gasteiger partial charge >= 0.3 is 0 Å². The van der Waals surface area contributed by atoms with Crippen LogP contribution in [0.4, 0.5) is 5.69 Å². The molecule has 0 bridgehead atoms. The number of amides is 1. The molecule has 0 aromatic heterocycles. The zero-order valence-electron chi connectivity index (χ0n) is 16.0. The van der Waals surface area contributed by atoms with Crippen LogP contribution in [0.1, 0.15) is 37.5 Å². The molecule has 0 radical (unpaired) electrons. The lowest BCUT2D eigenvalue weighted by molar-refractivity contribution is -0.111. The van der Waals surface area contributed by atoms with E-state index in [0.29, 0.717) is 18.1 Å². The molecule has 1 amide bonds. The smallest absolute Gasteiger partial charge is 0.248 e. The van der Waals surface area contributed by atoms with Gasteiger partial charge < -0.3 is 14.8 Å². The molecule has 0 saturated carbocycles. The third-order valence-electron chi connectivity index (χ3n) is 4.16. The summed E-state index contributed by atoms with van der Waals surface area (Å²) in [5, 5.41) is 3.03. The number of carbonyl (C=O) groups is 1. The van der Waals surface area contributed by atoms with Crippen LogP contribution < -0.4 is 14.8 Å². The first kappa shape index (κ1) is 19.6. The molecule has 0 spiro atoms. The number of carbonyl (C=O) groups excluding carboxylic acids is 1. The van der Waals surface area contributed by atoms with E-state index in [1.54, 1.807) is 19.3 Å². The van der Waals surface area contributed by atoms with Gasteiger partial charge in [0, 0.05) is 11.8 Å². The fourth-order valence-corrected chi connectivity index (χ4v) is 2.80. The van der Waals surface area contributed by atoms with Gasteiger partial charge in [-0.2, -0.15) is 0 Å². The minimum atomic E-state index is -0.145. The summed E-state index contributed by atoms with van der Waals surface area (Å²) in [4.78, 5) is 12.4. The van der Waals surface area contributed by atoms with Crippen molar-refractivity contribution in [2.75, 3.05) is 19.0 Å². The maximum Gasteiger partial charge on any atom is 0.248 e. The van der Waals surface area contributed by atoms with Crippen molar-refractivity contribution in [2.24, 2.45) is 0 Å². The van der Waals surface area contributed by atoms with Crippen LogP contribution >= 0.6 is 0 Å². The average molecular weight is 353 g/mol. The minimum Gasteiger partial charge on any atom is -0.493 e. The van der Waals surface area contributed by atoms with Gasteiger partial charge in [-0.3, -0.25) is 4.79 Å². The topological polar surface area (TPSA) is 47.6 Å². The average Bonchev–Trinajstić information content (AvgIpc) is 2.67. The molecule has 0 aliphatic rings. The molecule has 0 atom stereocenters. The second-order valence-corrected chi connectivity index (χ2v) is 5.82. The van der Waals surface area contributed by atoms with Crippen molar-refractivity contribution in [2.45, 2.75) is 33.6 Å². The van der Waals surface area contributed by atoms with Gasteiger partial charge in [0.15, 0.2) is 11.5 Å². The largest absolute Gasteiger partial charge is 0.493 e. The predicted molar refractivity (Wildman–Crippen MR) is 107 cm³/mol. The summed E-state index contributed by atoms with van der Waals surface area (Å²) in [6.07, 6.45) is 5.07. The third kappa shape index (κ3) is 4.88.